The molecule has 0 fully saturated rings. The fourth-order valence-electron chi connectivity index (χ4n) is 2.06. The highest BCUT2D eigenvalue weighted by atomic mass is 19.1. The van der Waals surface area contributed by atoms with E-state index < -0.39 is 0 Å². The van der Waals surface area contributed by atoms with Crippen molar-refractivity contribution in [3.05, 3.63) is 23.6 Å². The van der Waals surface area contributed by atoms with E-state index in [2.05, 4.69) is 38.0 Å². The average Bonchev–Trinajstić information content (AvgIpc) is 2.38. The van der Waals surface area contributed by atoms with Gasteiger partial charge in [0.15, 0.2) is 11.6 Å². The van der Waals surface area contributed by atoms with Crippen molar-refractivity contribution in [2.45, 2.75) is 53.1 Å². The molecule has 3 nitrogen and oxygen atoms in total. The number of hydrogen-bond acceptors (Lipinski definition) is 3. The van der Waals surface area contributed by atoms with Crippen molar-refractivity contribution in [1.82, 2.24) is 10.3 Å². The summed E-state index contributed by atoms with van der Waals surface area (Å²) in [4.78, 5) is 6.26. The van der Waals surface area contributed by atoms with E-state index in [4.69, 9.17) is 0 Å². The van der Waals surface area contributed by atoms with Crippen LogP contribution in [0.25, 0.3) is 0 Å². The van der Waals surface area contributed by atoms with Gasteiger partial charge in [-0.05, 0) is 39.3 Å². The lowest BCUT2D eigenvalue weighted by Crippen LogP contribution is -2.33. The second-order valence-corrected chi connectivity index (χ2v) is 5.07. The highest BCUT2D eigenvalue weighted by Crippen LogP contribution is 2.21. The molecule has 0 radical (unpaired) electrons. The zero-order valence-corrected chi connectivity index (χ0v) is 12.5. The number of hydrogen-bond donors (Lipinski definition) is 1. The highest BCUT2D eigenvalue weighted by Gasteiger charge is 2.17. The van der Waals surface area contributed by atoms with Crippen LogP contribution in [0.2, 0.25) is 0 Å². The first-order valence-corrected chi connectivity index (χ1v) is 7.22. The zero-order chi connectivity index (χ0) is 14.3. The van der Waals surface area contributed by atoms with Gasteiger partial charge in [-0.15, -0.1) is 0 Å². The Morgan fingerprint density at radius 2 is 2.05 bits per heavy atom. The van der Waals surface area contributed by atoms with Crippen LogP contribution in [0.15, 0.2) is 12.3 Å². The van der Waals surface area contributed by atoms with E-state index in [1.807, 2.05) is 4.90 Å². The number of halogens is 1. The van der Waals surface area contributed by atoms with Crippen LogP contribution in [0.4, 0.5) is 10.2 Å². The first kappa shape index (κ1) is 15.9. The van der Waals surface area contributed by atoms with E-state index in [1.54, 1.807) is 12.3 Å². The molecule has 0 aliphatic carbocycles. The van der Waals surface area contributed by atoms with E-state index in [-0.39, 0.29) is 11.9 Å². The first-order chi connectivity index (χ1) is 9.11. The van der Waals surface area contributed by atoms with Gasteiger partial charge in [-0.2, -0.15) is 0 Å². The predicted octanol–water partition coefficient (Wildman–Crippen LogP) is 3.35. The molecule has 1 aromatic rings. The molecule has 0 spiro atoms. The van der Waals surface area contributed by atoms with Crippen molar-refractivity contribution in [2.75, 3.05) is 18.0 Å². The summed E-state index contributed by atoms with van der Waals surface area (Å²) in [5.74, 6) is 0.293. The maximum atomic E-state index is 14.5. The second kappa shape index (κ2) is 8.10. The summed E-state index contributed by atoms with van der Waals surface area (Å²) >= 11 is 0. The number of nitrogens with one attached hydrogen (secondary N) is 1. The summed E-state index contributed by atoms with van der Waals surface area (Å²) in [6.45, 7) is 10.6. The molecule has 1 heterocycles. The van der Waals surface area contributed by atoms with Crippen molar-refractivity contribution >= 4 is 5.82 Å². The molecule has 0 amide bonds. The summed E-state index contributed by atoms with van der Waals surface area (Å²) in [5.41, 5.74) is 0.695. The molecule has 1 N–H and O–H groups in total. The predicted molar refractivity (Wildman–Crippen MR) is 79.0 cm³/mol. The third kappa shape index (κ3) is 4.46. The lowest BCUT2D eigenvalue weighted by atomic mass is 10.2. The molecule has 4 heteroatoms. The Morgan fingerprint density at radius 3 is 2.63 bits per heavy atom. The molecule has 1 aromatic heterocycles. The Balaban J connectivity index is 2.91. The van der Waals surface area contributed by atoms with E-state index in [0.717, 1.165) is 25.9 Å². The van der Waals surface area contributed by atoms with Crippen LogP contribution in [0.3, 0.4) is 0 Å². The summed E-state index contributed by atoms with van der Waals surface area (Å²) < 4.78 is 14.5. The maximum Gasteiger partial charge on any atom is 0.170 e. The van der Waals surface area contributed by atoms with E-state index in [9.17, 15) is 4.39 Å². The minimum atomic E-state index is -0.187. The van der Waals surface area contributed by atoms with Crippen LogP contribution in [-0.2, 0) is 6.54 Å². The molecule has 0 bridgehead atoms. The van der Waals surface area contributed by atoms with Crippen LogP contribution in [0, 0.1) is 5.82 Å². The van der Waals surface area contributed by atoms with Crippen molar-refractivity contribution in [3.63, 3.8) is 0 Å². The minimum Gasteiger partial charge on any atom is -0.352 e. The summed E-state index contributed by atoms with van der Waals surface area (Å²) in [5, 5.41) is 3.23. The summed E-state index contributed by atoms with van der Waals surface area (Å²) in [7, 11) is 0. The fraction of sp³-hybridized carbons (Fsp3) is 0.667. The number of pyridine rings is 1. The van der Waals surface area contributed by atoms with E-state index >= 15 is 0 Å². The second-order valence-electron chi connectivity index (χ2n) is 5.07. The standard InChI is InChI=1S/C15H26FN3/c1-5-8-17-11-13-7-9-18-15(14(13)16)19(10-6-2)12(3)4/h7,9,12,17H,5-6,8,10-11H2,1-4H3. The van der Waals surface area contributed by atoms with Crippen LogP contribution in [-0.4, -0.2) is 24.1 Å². The number of anilines is 1. The first-order valence-electron chi connectivity index (χ1n) is 7.22. The van der Waals surface area contributed by atoms with Gasteiger partial charge in [0, 0.05) is 30.9 Å². The lowest BCUT2D eigenvalue weighted by Gasteiger charge is -2.28. The van der Waals surface area contributed by atoms with Crippen LogP contribution < -0.4 is 10.2 Å². The number of aromatic nitrogens is 1. The Kier molecular flexibility index (Phi) is 6.78. The number of nitrogens with zero attached hydrogens (tertiary/aromatic N) is 2. The van der Waals surface area contributed by atoms with Crippen molar-refractivity contribution in [2.24, 2.45) is 0 Å². The largest absolute Gasteiger partial charge is 0.352 e. The van der Waals surface area contributed by atoms with Gasteiger partial charge >= 0.3 is 0 Å². The molecule has 1 rings (SSSR count). The minimum absolute atomic E-state index is 0.187. The molecule has 0 unspecified atom stereocenters. The zero-order valence-electron chi connectivity index (χ0n) is 12.5. The third-order valence-corrected chi connectivity index (χ3v) is 3.05. The van der Waals surface area contributed by atoms with Gasteiger partial charge in [0.1, 0.15) is 0 Å². The quantitative estimate of drug-likeness (QED) is 0.732. The molecule has 108 valence electrons. The van der Waals surface area contributed by atoms with Crippen molar-refractivity contribution in [3.8, 4) is 0 Å². The monoisotopic (exact) mass is 267 g/mol. The van der Waals surface area contributed by atoms with Gasteiger partial charge in [-0.3, -0.25) is 0 Å². The molecule has 0 aliphatic heterocycles. The molecule has 0 aliphatic rings. The average molecular weight is 267 g/mol. The molecule has 0 saturated heterocycles. The number of rotatable bonds is 8. The molecule has 0 aromatic carbocycles. The smallest absolute Gasteiger partial charge is 0.170 e. The lowest BCUT2D eigenvalue weighted by molar-refractivity contribution is 0.561. The summed E-state index contributed by atoms with van der Waals surface area (Å²) in [6, 6.07) is 2.01. The van der Waals surface area contributed by atoms with Crippen molar-refractivity contribution in [1.29, 1.82) is 0 Å². The Bertz CT molecular complexity index is 380. The van der Waals surface area contributed by atoms with Gasteiger partial charge in [0.05, 0.1) is 0 Å². The van der Waals surface area contributed by atoms with E-state index in [0.29, 0.717) is 17.9 Å². The summed E-state index contributed by atoms with van der Waals surface area (Å²) in [6.07, 6.45) is 3.73. The van der Waals surface area contributed by atoms with Crippen LogP contribution >= 0.6 is 0 Å². The van der Waals surface area contributed by atoms with Gasteiger partial charge < -0.3 is 10.2 Å². The van der Waals surface area contributed by atoms with E-state index in [1.165, 1.54) is 0 Å². The Hall–Kier alpha value is -1.16. The maximum absolute atomic E-state index is 14.5. The van der Waals surface area contributed by atoms with Gasteiger partial charge in [-0.25, -0.2) is 9.37 Å². The third-order valence-electron chi connectivity index (χ3n) is 3.05. The molecule has 0 atom stereocenters. The topological polar surface area (TPSA) is 28.2 Å². The molecular formula is C15H26FN3. The molecule has 19 heavy (non-hydrogen) atoms. The molecule has 0 saturated carbocycles. The highest BCUT2D eigenvalue weighted by molar-refractivity contribution is 5.43. The van der Waals surface area contributed by atoms with Crippen LogP contribution in [0.5, 0.6) is 0 Å². The van der Waals surface area contributed by atoms with Gasteiger partial charge in [-0.1, -0.05) is 13.8 Å². The normalized spacial score (nSPS) is 11.1. The van der Waals surface area contributed by atoms with Gasteiger partial charge in [0.2, 0.25) is 0 Å². The van der Waals surface area contributed by atoms with Crippen molar-refractivity contribution < 1.29 is 4.39 Å². The van der Waals surface area contributed by atoms with Gasteiger partial charge in [0.25, 0.3) is 0 Å². The SMILES string of the molecule is CCCNCc1ccnc(N(CCC)C(C)C)c1F. The fourth-order valence-corrected chi connectivity index (χ4v) is 2.06. The molecular weight excluding hydrogens is 241 g/mol. The Labute approximate surface area is 116 Å². The van der Waals surface area contributed by atoms with Crippen LogP contribution in [0.1, 0.15) is 46.1 Å². The Morgan fingerprint density at radius 1 is 1.32 bits per heavy atom.